The van der Waals surface area contributed by atoms with Crippen LogP contribution in [0.15, 0.2) is 23.2 Å². The zero-order chi connectivity index (χ0) is 10.1. The van der Waals surface area contributed by atoms with Gasteiger partial charge in [0.15, 0.2) is 0 Å². The van der Waals surface area contributed by atoms with Gasteiger partial charge >= 0.3 is 5.97 Å². The Morgan fingerprint density at radius 2 is 2.43 bits per heavy atom. The van der Waals surface area contributed by atoms with Gasteiger partial charge in [-0.25, -0.2) is 9.97 Å². The molecule has 0 saturated carbocycles. The minimum atomic E-state index is -0.895. The van der Waals surface area contributed by atoms with Crippen LogP contribution in [0.2, 0.25) is 0 Å². The molecule has 0 radical (unpaired) electrons. The summed E-state index contributed by atoms with van der Waals surface area (Å²) in [5, 5.41) is 9.47. The number of hydrogen-bond acceptors (Lipinski definition) is 3. The second kappa shape index (κ2) is 3.38. The van der Waals surface area contributed by atoms with Gasteiger partial charge in [-0.05, 0) is 15.9 Å². The first-order valence-electron chi connectivity index (χ1n) is 3.84. The van der Waals surface area contributed by atoms with Crippen LogP contribution in [0, 0.1) is 0 Å². The zero-order valence-corrected chi connectivity index (χ0v) is 8.60. The van der Waals surface area contributed by atoms with Gasteiger partial charge in [-0.15, -0.1) is 0 Å². The van der Waals surface area contributed by atoms with Crippen molar-refractivity contribution >= 4 is 32.9 Å². The van der Waals surface area contributed by atoms with Gasteiger partial charge in [0.1, 0.15) is 18.5 Å². The molecule has 2 rings (SSSR count). The maximum atomic E-state index is 10.5. The Labute approximate surface area is 87.5 Å². The molecule has 0 unspecified atom stereocenters. The highest BCUT2D eigenvalue weighted by Crippen LogP contribution is 2.23. The van der Waals surface area contributed by atoms with E-state index in [1.165, 1.54) is 6.33 Å². The lowest BCUT2D eigenvalue weighted by Crippen LogP contribution is -2.07. The zero-order valence-electron chi connectivity index (χ0n) is 7.01. The van der Waals surface area contributed by atoms with Gasteiger partial charge in [0, 0.05) is 16.9 Å². The maximum Gasteiger partial charge on any atom is 0.323 e. The van der Waals surface area contributed by atoms with E-state index in [-0.39, 0.29) is 6.54 Å². The number of hydrogen-bond donors (Lipinski definition) is 1. The molecule has 0 aliphatic heterocycles. The fourth-order valence-electron chi connectivity index (χ4n) is 1.25. The third kappa shape index (κ3) is 1.48. The van der Waals surface area contributed by atoms with Gasteiger partial charge in [-0.2, -0.15) is 0 Å². The lowest BCUT2D eigenvalue weighted by atomic mass is 10.4. The summed E-state index contributed by atoms with van der Waals surface area (Å²) in [5.74, 6) is -0.895. The molecular weight excluding hydrogens is 250 g/mol. The molecule has 2 aromatic rings. The van der Waals surface area contributed by atoms with Gasteiger partial charge in [0.25, 0.3) is 0 Å². The van der Waals surface area contributed by atoms with E-state index in [9.17, 15) is 4.79 Å². The second-order valence-corrected chi connectivity index (χ2v) is 3.61. The van der Waals surface area contributed by atoms with E-state index < -0.39 is 5.97 Å². The summed E-state index contributed by atoms with van der Waals surface area (Å²) in [5.41, 5.74) is 0.620. The van der Waals surface area contributed by atoms with Crippen LogP contribution in [0.25, 0.3) is 11.0 Å². The molecule has 0 aromatic carbocycles. The van der Waals surface area contributed by atoms with Crippen molar-refractivity contribution < 1.29 is 9.90 Å². The molecule has 2 aromatic heterocycles. The number of nitrogens with zero attached hydrogens (tertiary/aromatic N) is 3. The summed E-state index contributed by atoms with van der Waals surface area (Å²) in [7, 11) is 0. The average molecular weight is 256 g/mol. The third-order valence-corrected chi connectivity index (χ3v) is 2.43. The van der Waals surface area contributed by atoms with Gasteiger partial charge < -0.3 is 9.67 Å². The summed E-state index contributed by atoms with van der Waals surface area (Å²) in [6.07, 6.45) is 4.73. The fraction of sp³-hybridized carbons (Fsp3) is 0.125. The maximum absolute atomic E-state index is 10.5. The summed E-state index contributed by atoms with van der Waals surface area (Å²) in [6.45, 7) is -0.0981. The van der Waals surface area contributed by atoms with Crippen molar-refractivity contribution in [3.05, 3.63) is 23.2 Å². The van der Waals surface area contributed by atoms with Gasteiger partial charge in [-0.3, -0.25) is 4.79 Å². The van der Waals surface area contributed by atoms with Crippen molar-refractivity contribution in [1.29, 1.82) is 0 Å². The standard InChI is InChI=1S/C8H6BrN3O2/c9-6-2-12(3-7(13)14)8-5(6)1-10-4-11-8/h1-2,4H,3H2,(H,13,14). The molecule has 1 N–H and O–H groups in total. The Bertz CT molecular complexity index is 494. The molecular formula is C8H6BrN3O2. The molecule has 0 aliphatic carbocycles. The molecule has 6 heteroatoms. The molecule has 0 saturated heterocycles. The fourth-order valence-corrected chi connectivity index (χ4v) is 1.78. The molecule has 72 valence electrons. The lowest BCUT2D eigenvalue weighted by Gasteiger charge is -1.98. The minimum absolute atomic E-state index is 0.0981. The molecule has 0 fully saturated rings. The molecule has 0 bridgehead atoms. The van der Waals surface area contributed by atoms with Gasteiger partial charge in [-0.1, -0.05) is 0 Å². The van der Waals surface area contributed by atoms with Crippen molar-refractivity contribution in [1.82, 2.24) is 14.5 Å². The first-order valence-corrected chi connectivity index (χ1v) is 4.64. The van der Waals surface area contributed by atoms with Crippen LogP contribution in [0.5, 0.6) is 0 Å². The van der Waals surface area contributed by atoms with Crippen molar-refractivity contribution in [2.45, 2.75) is 6.54 Å². The van der Waals surface area contributed by atoms with Crippen molar-refractivity contribution in [2.24, 2.45) is 0 Å². The van der Waals surface area contributed by atoms with Crippen molar-refractivity contribution in [3.63, 3.8) is 0 Å². The predicted octanol–water partition coefficient (Wildman–Crippen LogP) is 1.28. The first-order chi connectivity index (χ1) is 6.68. The van der Waals surface area contributed by atoms with E-state index in [4.69, 9.17) is 5.11 Å². The van der Waals surface area contributed by atoms with Crippen LogP contribution in [0.4, 0.5) is 0 Å². The van der Waals surface area contributed by atoms with Gasteiger partial charge in [0.2, 0.25) is 0 Å². The molecule has 0 spiro atoms. The number of fused-ring (bicyclic) bond motifs is 1. The average Bonchev–Trinajstić information content (AvgIpc) is 2.44. The van der Waals surface area contributed by atoms with Crippen LogP contribution in [0.1, 0.15) is 0 Å². The first kappa shape index (κ1) is 9.14. The quantitative estimate of drug-likeness (QED) is 0.878. The van der Waals surface area contributed by atoms with Crippen LogP contribution < -0.4 is 0 Å². The number of halogens is 1. The number of aliphatic carboxylic acids is 1. The number of aromatic nitrogens is 3. The molecule has 0 atom stereocenters. The molecule has 2 heterocycles. The van der Waals surface area contributed by atoms with Crippen LogP contribution in [-0.4, -0.2) is 25.6 Å². The Morgan fingerprint density at radius 3 is 3.14 bits per heavy atom. The van der Waals surface area contributed by atoms with E-state index in [1.807, 2.05) is 0 Å². The normalized spacial score (nSPS) is 10.6. The highest BCUT2D eigenvalue weighted by molar-refractivity contribution is 9.10. The van der Waals surface area contributed by atoms with E-state index in [0.29, 0.717) is 5.65 Å². The second-order valence-electron chi connectivity index (χ2n) is 2.76. The number of carboxylic acid groups (broad SMARTS) is 1. The topological polar surface area (TPSA) is 68.0 Å². The molecule has 5 nitrogen and oxygen atoms in total. The lowest BCUT2D eigenvalue weighted by molar-refractivity contribution is -0.137. The predicted molar refractivity (Wildman–Crippen MR) is 52.9 cm³/mol. The minimum Gasteiger partial charge on any atom is -0.480 e. The molecule has 0 amide bonds. The molecule has 14 heavy (non-hydrogen) atoms. The monoisotopic (exact) mass is 255 g/mol. The van der Waals surface area contributed by atoms with Crippen LogP contribution in [-0.2, 0) is 11.3 Å². The van der Waals surface area contributed by atoms with E-state index in [2.05, 4.69) is 25.9 Å². The summed E-state index contributed by atoms with van der Waals surface area (Å²) in [6, 6.07) is 0. The Hall–Kier alpha value is -1.43. The SMILES string of the molecule is O=C(O)Cn1cc(Br)c2cncnc21. The van der Waals surface area contributed by atoms with E-state index in [0.717, 1.165) is 9.86 Å². The van der Waals surface area contributed by atoms with Gasteiger partial charge in [0.05, 0.1) is 5.39 Å². The Balaban J connectivity index is 2.60. The Morgan fingerprint density at radius 1 is 1.64 bits per heavy atom. The van der Waals surface area contributed by atoms with Crippen molar-refractivity contribution in [3.8, 4) is 0 Å². The third-order valence-electron chi connectivity index (χ3n) is 1.80. The summed E-state index contributed by atoms with van der Waals surface area (Å²) >= 11 is 3.31. The molecule has 0 aliphatic rings. The summed E-state index contributed by atoms with van der Waals surface area (Å²) in [4.78, 5) is 18.4. The van der Waals surface area contributed by atoms with E-state index in [1.54, 1.807) is 17.0 Å². The van der Waals surface area contributed by atoms with Crippen molar-refractivity contribution in [2.75, 3.05) is 0 Å². The largest absolute Gasteiger partial charge is 0.480 e. The highest BCUT2D eigenvalue weighted by Gasteiger charge is 2.09. The smallest absolute Gasteiger partial charge is 0.323 e. The summed E-state index contributed by atoms with van der Waals surface area (Å²) < 4.78 is 2.36. The highest BCUT2D eigenvalue weighted by atomic mass is 79.9. The van der Waals surface area contributed by atoms with Crippen LogP contribution >= 0.6 is 15.9 Å². The number of rotatable bonds is 2. The van der Waals surface area contributed by atoms with E-state index >= 15 is 0 Å². The Kier molecular flexibility index (Phi) is 2.20. The van der Waals surface area contributed by atoms with Crippen LogP contribution in [0.3, 0.4) is 0 Å². The number of carboxylic acids is 1. The number of carbonyl (C=O) groups is 1.